The Morgan fingerprint density at radius 1 is 0.692 bits per heavy atom. The summed E-state index contributed by atoms with van der Waals surface area (Å²) < 4.78 is 170. The van der Waals surface area contributed by atoms with Crippen LogP contribution in [0.1, 0.15) is 32.6 Å². The topological polar surface area (TPSA) is 20.2 Å². The molecule has 0 aromatic carbocycles. The molecule has 26 heavy (non-hydrogen) atoms. The van der Waals surface area contributed by atoms with E-state index in [1.54, 1.807) is 0 Å². The summed E-state index contributed by atoms with van der Waals surface area (Å²) in [7, 11) is 0. The second-order valence-electron chi connectivity index (χ2n) is 5.47. The van der Waals surface area contributed by atoms with Crippen molar-refractivity contribution in [1.82, 2.24) is 0 Å². The van der Waals surface area contributed by atoms with E-state index in [4.69, 9.17) is 5.11 Å². The number of alkyl halides is 13. The van der Waals surface area contributed by atoms with Crippen LogP contribution in [0, 0.1) is 0 Å². The highest BCUT2D eigenvalue weighted by atomic mass is 19.4. The van der Waals surface area contributed by atoms with E-state index >= 15 is 0 Å². The Morgan fingerprint density at radius 3 is 1.46 bits per heavy atom. The van der Waals surface area contributed by atoms with Gasteiger partial charge in [-0.15, -0.1) is 0 Å². The molecule has 1 N–H and O–H groups in total. The summed E-state index contributed by atoms with van der Waals surface area (Å²) in [6.07, 6.45) is -16.7. The van der Waals surface area contributed by atoms with Crippen LogP contribution in [-0.2, 0) is 0 Å². The molecule has 1 nitrogen and oxygen atoms in total. The van der Waals surface area contributed by atoms with E-state index in [9.17, 15) is 57.1 Å². The summed E-state index contributed by atoms with van der Waals surface area (Å²) in [6.45, 7) is 0.955. The van der Waals surface area contributed by atoms with Gasteiger partial charge in [0, 0.05) is 12.8 Å². The molecule has 0 radical (unpaired) electrons. The van der Waals surface area contributed by atoms with Gasteiger partial charge in [-0.2, -0.15) is 52.7 Å². The number of hydrogen-bond donors (Lipinski definition) is 1. The molecule has 0 aromatic rings. The second kappa shape index (κ2) is 7.23. The Kier molecular flexibility index (Phi) is 6.96. The highest BCUT2D eigenvalue weighted by molar-refractivity contribution is 5.10. The molecule has 0 aromatic heterocycles. The quantitative estimate of drug-likeness (QED) is 0.452. The number of halogens is 13. The molecule has 1 unspecified atom stereocenters. The summed E-state index contributed by atoms with van der Waals surface area (Å²) in [5, 5.41) is 7.85. The van der Waals surface area contributed by atoms with Gasteiger partial charge in [0.2, 0.25) is 0 Å². The van der Waals surface area contributed by atoms with E-state index in [0.29, 0.717) is 0 Å². The first-order valence-corrected chi connectivity index (χ1v) is 6.82. The first-order valence-electron chi connectivity index (χ1n) is 6.82. The Balaban J connectivity index is 5.93. The lowest BCUT2D eigenvalue weighted by Gasteiger charge is -2.40. The van der Waals surface area contributed by atoms with Crippen molar-refractivity contribution >= 4 is 0 Å². The van der Waals surface area contributed by atoms with E-state index in [0.717, 1.165) is 6.92 Å². The van der Waals surface area contributed by atoms with Crippen LogP contribution in [0.25, 0.3) is 0 Å². The van der Waals surface area contributed by atoms with Crippen LogP contribution in [0.15, 0.2) is 0 Å². The minimum Gasteiger partial charge on any atom is -0.336 e. The van der Waals surface area contributed by atoms with Crippen LogP contribution in [0.4, 0.5) is 57.1 Å². The first kappa shape index (κ1) is 25.1. The third-order valence-corrected chi connectivity index (χ3v) is 3.34. The Labute approximate surface area is 138 Å². The number of rotatable bonds is 10. The molecule has 0 spiro atoms. The van der Waals surface area contributed by atoms with Gasteiger partial charge in [-0.05, 0) is 6.42 Å². The van der Waals surface area contributed by atoms with Crippen LogP contribution in [0.5, 0.6) is 0 Å². The molecule has 0 rings (SSSR count). The van der Waals surface area contributed by atoms with E-state index in [1.807, 2.05) is 0 Å². The highest BCUT2D eigenvalue weighted by Crippen LogP contribution is 2.59. The molecule has 0 saturated heterocycles. The lowest BCUT2D eigenvalue weighted by Crippen LogP contribution is -2.69. The van der Waals surface area contributed by atoms with Crippen molar-refractivity contribution in [2.75, 3.05) is 0 Å². The predicted octanol–water partition coefficient (Wildman–Crippen LogP) is 5.67. The Bertz CT molecular complexity index is 468. The fourth-order valence-electron chi connectivity index (χ4n) is 1.73. The maximum atomic E-state index is 13.3. The standard InChI is InChI=1S/C12H13F13O/c1-2-3-6(13)9(18,19)11(22,23)12(24,25)10(20,21)7(14,15)4-5-8(16,17)26/h6,26H,2-5H2,1H3. The van der Waals surface area contributed by atoms with Crippen LogP contribution >= 0.6 is 0 Å². The smallest absolute Gasteiger partial charge is 0.336 e. The summed E-state index contributed by atoms with van der Waals surface area (Å²) in [5.74, 6) is -34.9. The minimum absolute atomic E-state index is 0.601. The molecular formula is C12H13F13O. The average Bonchev–Trinajstić information content (AvgIpc) is 2.43. The van der Waals surface area contributed by atoms with Gasteiger partial charge in [0.1, 0.15) is 0 Å². The molecule has 0 fully saturated rings. The van der Waals surface area contributed by atoms with Crippen LogP contribution in [0.2, 0.25) is 0 Å². The maximum Gasteiger partial charge on any atom is 0.384 e. The second-order valence-corrected chi connectivity index (χ2v) is 5.47. The largest absolute Gasteiger partial charge is 0.384 e. The summed E-state index contributed by atoms with van der Waals surface area (Å²) in [4.78, 5) is 0. The maximum absolute atomic E-state index is 13.3. The van der Waals surface area contributed by atoms with Gasteiger partial charge in [-0.1, -0.05) is 13.3 Å². The summed E-state index contributed by atoms with van der Waals surface area (Å²) in [5.41, 5.74) is 0. The van der Waals surface area contributed by atoms with Crippen molar-refractivity contribution in [3.05, 3.63) is 0 Å². The van der Waals surface area contributed by atoms with E-state index in [-0.39, 0.29) is 0 Å². The van der Waals surface area contributed by atoms with Crippen molar-refractivity contribution in [3.8, 4) is 0 Å². The van der Waals surface area contributed by atoms with Gasteiger partial charge in [0.05, 0.1) is 0 Å². The predicted molar refractivity (Wildman–Crippen MR) is 60.9 cm³/mol. The van der Waals surface area contributed by atoms with Crippen LogP contribution < -0.4 is 0 Å². The monoisotopic (exact) mass is 420 g/mol. The Hall–Kier alpha value is -0.950. The molecule has 0 heterocycles. The van der Waals surface area contributed by atoms with E-state index in [2.05, 4.69) is 0 Å². The molecule has 0 amide bonds. The Morgan fingerprint density at radius 2 is 1.12 bits per heavy atom. The highest BCUT2D eigenvalue weighted by Gasteiger charge is 2.87. The van der Waals surface area contributed by atoms with Gasteiger partial charge in [-0.3, -0.25) is 0 Å². The van der Waals surface area contributed by atoms with E-state index < -0.39 is 67.6 Å². The van der Waals surface area contributed by atoms with Crippen molar-refractivity contribution in [2.45, 2.75) is 74.5 Å². The molecule has 0 aliphatic heterocycles. The number of hydrogen-bond acceptors (Lipinski definition) is 1. The first-order chi connectivity index (χ1) is 11.2. The molecule has 0 aliphatic rings. The molecular weight excluding hydrogens is 407 g/mol. The zero-order valence-corrected chi connectivity index (χ0v) is 12.8. The molecule has 14 heteroatoms. The van der Waals surface area contributed by atoms with Crippen molar-refractivity contribution in [3.63, 3.8) is 0 Å². The SMILES string of the molecule is CCCC(F)C(F)(F)C(F)(F)C(F)(F)C(F)(F)C(F)(F)CCC(O)(F)F. The van der Waals surface area contributed by atoms with Gasteiger partial charge < -0.3 is 5.11 Å². The van der Waals surface area contributed by atoms with E-state index in [1.165, 1.54) is 0 Å². The molecule has 0 saturated carbocycles. The molecule has 0 aliphatic carbocycles. The van der Waals surface area contributed by atoms with Gasteiger partial charge in [0.25, 0.3) is 0 Å². The zero-order valence-electron chi connectivity index (χ0n) is 12.8. The van der Waals surface area contributed by atoms with Crippen molar-refractivity contribution < 1.29 is 62.2 Å². The van der Waals surface area contributed by atoms with Crippen LogP contribution in [-0.4, -0.2) is 47.0 Å². The molecule has 1 atom stereocenters. The van der Waals surface area contributed by atoms with Crippen LogP contribution in [0.3, 0.4) is 0 Å². The third-order valence-electron chi connectivity index (χ3n) is 3.34. The van der Waals surface area contributed by atoms with Gasteiger partial charge in [0.15, 0.2) is 6.17 Å². The molecule has 158 valence electrons. The third kappa shape index (κ3) is 4.30. The average molecular weight is 420 g/mol. The lowest BCUT2D eigenvalue weighted by atomic mass is 9.89. The molecule has 0 bridgehead atoms. The summed E-state index contributed by atoms with van der Waals surface area (Å²) in [6, 6.07) is 0. The minimum atomic E-state index is -7.52. The van der Waals surface area contributed by atoms with Crippen molar-refractivity contribution in [2.24, 2.45) is 0 Å². The zero-order chi connectivity index (χ0) is 21.4. The summed E-state index contributed by atoms with van der Waals surface area (Å²) >= 11 is 0. The number of aliphatic hydroxyl groups is 1. The lowest BCUT2D eigenvalue weighted by molar-refractivity contribution is -0.409. The van der Waals surface area contributed by atoms with Gasteiger partial charge in [-0.25, -0.2) is 4.39 Å². The normalized spacial score (nSPS) is 16.7. The van der Waals surface area contributed by atoms with Gasteiger partial charge >= 0.3 is 35.7 Å². The fourth-order valence-corrected chi connectivity index (χ4v) is 1.73. The fraction of sp³-hybridized carbons (Fsp3) is 1.00. The van der Waals surface area contributed by atoms with Crippen molar-refractivity contribution in [1.29, 1.82) is 0 Å².